The minimum Gasteiger partial charge on any atom is -0.484 e. The predicted octanol–water partition coefficient (Wildman–Crippen LogP) is 1.21. The topological polar surface area (TPSA) is 111 Å². The van der Waals surface area contributed by atoms with Crippen molar-refractivity contribution < 1.29 is 19.2 Å². The molecule has 1 rings (SSSR count). The molecule has 0 atom stereocenters. The molecular weight excluding hydrogens is 266 g/mol. The van der Waals surface area contributed by atoms with Crippen LogP contribution in [0.3, 0.4) is 0 Å². The summed E-state index contributed by atoms with van der Waals surface area (Å²) in [4.78, 5) is 32.6. The lowest BCUT2D eigenvalue weighted by atomic mass is 10.3. The fourth-order valence-corrected chi connectivity index (χ4v) is 1.30. The lowest BCUT2D eigenvalue weighted by Crippen LogP contribution is -2.44. The highest BCUT2D eigenvalue weighted by molar-refractivity contribution is 5.95. The summed E-state index contributed by atoms with van der Waals surface area (Å²) in [5.41, 5.74) is -0.138. The first-order valence-electron chi connectivity index (χ1n) is 5.86. The van der Waals surface area contributed by atoms with Crippen LogP contribution in [0.15, 0.2) is 24.3 Å². The monoisotopic (exact) mass is 281 g/mol. The minimum atomic E-state index is -0.644. The van der Waals surface area contributed by atoms with Crippen LogP contribution in [0, 0.1) is 10.1 Å². The van der Waals surface area contributed by atoms with E-state index in [0.29, 0.717) is 0 Å². The van der Waals surface area contributed by atoms with E-state index in [-0.39, 0.29) is 17.5 Å². The highest BCUT2D eigenvalue weighted by Gasteiger charge is 2.11. The molecule has 108 valence electrons. The Morgan fingerprint density at radius 1 is 1.40 bits per heavy atom. The van der Waals surface area contributed by atoms with Gasteiger partial charge in [-0.05, 0) is 19.9 Å². The summed E-state index contributed by atoms with van der Waals surface area (Å²) in [6.07, 6.45) is 0. The number of carbonyl (C=O) groups is 2. The van der Waals surface area contributed by atoms with E-state index in [1.165, 1.54) is 24.3 Å². The number of nitrogens with one attached hydrogen (secondary N) is 2. The molecule has 0 unspecified atom stereocenters. The van der Waals surface area contributed by atoms with Gasteiger partial charge in [-0.15, -0.1) is 0 Å². The Balaban J connectivity index is 2.47. The van der Waals surface area contributed by atoms with Crippen molar-refractivity contribution in [2.75, 3.05) is 6.61 Å². The van der Waals surface area contributed by atoms with Crippen LogP contribution >= 0.6 is 0 Å². The second kappa shape index (κ2) is 7.07. The van der Waals surface area contributed by atoms with E-state index in [0.717, 1.165) is 0 Å². The number of ether oxygens (including phenoxy) is 1. The molecule has 8 nitrogen and oxygen atoms in total. The zero-order valence-corrected chi connectivity index (χ0v) is 11.1. The lowest BCUT2D eigenvalue weighted by Gasteiger charge is -2.09. The Hall–Kier alpha value is -2.64. The number of non-ortho nitro benzene ring substituents is 1. The van der Waals surface area contributed by atoms with Crippen molar-refractivity contribution in [3.05, 3.63) is 34.4 Å². The molecule has 8 heteroatoms. The van der Waals surface area contributed by atoms with Crippen LogP contribution in [0.5, 0.6) is 5.75 Å². The van der Waals surface area contributed by atoms with Gasteiger partial charge < -0.3 is 10.1 Å². The minimum absolute atomic E-state index is 0.0968. The van der Waals surface area contributed by atoms with Gasteiger partial charge in [0.2, 0.25) is 0 Å². The molecule has 0 aliphatic carbocycles. The maximum atomic E-state index is 11.4. The van der Waals surface area contributed by atoms with Crippen LogP contribution in [0.1, 0.15) is 13.8 Å². The molecule has 0 spiro atoms. The lowest BCUT2D eigenvalue weighted by molar-refractivity contribution is -0.384. The standard InChI is InChI=1S/C12H15N3O5/c1-8(2)13-12(17)14-11(16)7-20-10-5-3-4-9(6-10)15(18)19/h3-6,8H,7H2,1-2H3,(H2,13,14,16,17). The molecule has 0 fully saturated rings. The summed E-state index contributed by atoms with van der Waals surface area (Å²) < 4.78 is 5.07. The molecular formula is C12H15N3O5. The van der Waals surface area contributed by atoms with Crippen LogP contribution in [0.4, 0.5) is 10.5 Å². The van der Waals surface area contributed by atoms with E-state index >= 15 is 0 Å². The van der Waals surface area contributed by atoms with Crippen molar-refractivity contribution in [3.63, 3.8) is 0 Å². The zero-order valence-electron chi connectivity index (χ0n) is 11.1. The average Bonchev–Trinajstić information content (AvgIpc) is 2.35. The van der Waals surface area contributed by atoms with Crippen LogP contribution < -0.4 is 15.4 Å². The van der Waals surface area contributed by atoms with Gasteiger partial charge in [-0.1, -0.05) is 6.07 Å². The fourth-order valence-electron chi connectivity index (χ4n) is 1.30. The highest BCUT2D eigenvalue weighted by atomic mass is 16.6. The molecule has 0 saturated carbocycles. The summed E-state index contributed by atoms with van der Waals surface area (Å²) in [7, 11) is 0. The quantitative estimate of drug-likeness (QED) is 0.622. The van der Waals surface area contributed by atoms with Crippen LogP contribution in [0.25, 0.3) is 0 Å². The Morgan fingerprint density at radius 3 is 2.70 bits per heavy atom. The van der Waals surface area contributed by atoms with Gasteiger partial charge in [-0.3, -0.25) is 20.2 Å². The molecule has 2 N–H and O–H groups in total. The van der Waals surface area contributed by atoms with E-state index in [2.05, 4.69) is 10.6 Å². The van der Waals surface area contributed by atoms with Crippen LogP contribution in [-0.2, 0) is 4.79 Å². The molecule has 0 aliphatic heterocycles. The van der Waals surface area contributed by atoms with Crippen LogP contribution in [-0.4, -0.2) is 29.5 Å². The van der Waals surface area contributed by atoms with Gasteiger partial charge in [0, 0.05) is 12.1 Å². The molecule has 20 heavy (non-hydrogen) atoms. The van der Waals surface area contributed by atoms with E-state index in [4.69, 9.17) is 4.74 Å². The maximum Gasteiger partial charge on any atom is 0.321 e. The molecule has 0 bridgehead atoms. The first-order chi connectivity index (χ1) is 9.38. The van der Waals surface area contributed by atoms with Crippen molar-refractivity contribution in [1.29, 1.82) is 0 Å². The smallest absolute Gasteiger partial charge is 0.321 e. The SMILES string of the molecule is CC(C)NC(=O)NC(=O)COc1cccc([N+](=O)[O-])c1. The number of hydrogen-bond acceptors (Lipinski definition) is 5. The van der Waals surface area contributed by atoms with Gasteiger partial charge in [-0.2, -0.15) is 0 Å². The maximum absolute atomic E-state index is 11.4. The van der Waals surface area contributed by atoms with Gasteiger partial charge in [0.25, 0.3) is 11.6 Å². The van der Waals surface area contributed by atoms with E-state index < -0.39 is 23.5 Å². The number of nitro groups is 1. The first-order valence-corrected chi connectivity index (χ1v) is 5.86. The number of urea groups is 1. The molecule has 0 saturated heterocycles. The summed E-state index contributed by atoms with van der Waals surface area (Å²) in [6, 6.07) is 4.71. The Bertz CT molecular complexity index is 516. The molecule has 1 aromatic carbocycles. The number of nitro benzene ring substituents is 1. The Morgan fingerprint density at radius 2 is 2.10 bits per heavy atom. The van der Waals surface area contributed by atoms with E-state index in [1.54, 1.807) is 13.8 Å². The van der Waals surface area contributed by atoms with Crippen molar-refractivity contribution >= 4 is 17.6 Å². The Kier molecular flexibility index (Phi) is 5.45. The average molecular weight is 281 g/mol. The Labute approximate surface area is 115 Å². The van der Waals surface area contributed by atoms with E-state index in [1.807, 2.05) is 0 Å². The van der Waals surface area contributed by atoms with Gasteiger partial charge >= 0.3 is 6.03 Å². The first kappa shape index (κ1) is 15.4. The second-order valence-electron chi connectivity index (χ2n) is 4.22. The summed E-state index contributed by atoms with van der Waals surface area (Å²) in [5, 5.41) is 15.1. The number of benzene rings is 1. The predicted molar refractivity (Wildman–Crippen MR) is 70.4 cm³/mol. The summed E-state index contributed by atoms with van der Waals surface area (Å²) in [6.45, 7) is 3.10. The third kappa shape index (κ3) is 5.34. The number of carbonyl (C=O) groups excluding carboxylic acids is 2. The largest absolute Gasteiger partial charge is 0.484 e. The van der Waals surface area contributed by atoms with Crippen molar-refractivity contribution in [1.82, 2.24) is 10.6 Å². The summed E-state index contributed by atoms with van der Waals surface area (Å²) >= 11 is 0. The molecule has 3 amide bonds. The second-order valence-corrected chi connectivity index (χ2v) is 4.22. The van der Waals surface area contributed by atoms with Crippen molar-refractivity contribution in [2.45, 2.75) is 19.9 Å². The number of imide groups is 1. The van der Waals surface area contributed by atoms with Gasteiger partial charge in [0.15, 0.2) is 6.61 Å². The molecule has 0 radical (unpaired) electrons. The summed E-state index contributed by atoms with van der Waals surface area (Å²) in [5.74, 6) is -0.465. The third-order valence-corrected chi connectivity index (χ3v) is 2.07. The van der Waals surface area contributed by atoms with Gasteiger partial charge in [-0.25, -0.2) is 4.79 Å². The van der Waals surface area contributed by atoms with Crippen LogP contribution in [0.2, 0.25) is 0 Å². The number of amides is 3. The number of rotatable bonds is 5. The van der Waals surface area contributed by atoms with Crippen molar-refractivity contribution in [3.8, 4) is 5.75 Å². The highest BCUT2D eigenvalue weighted by Crippen LogP contribution is 2.18. The molecule has 0 aromatic heterocycles. The number of nitrogens with zero attached hydrogens (tertiary/aromatic N) is 1. The molecule has 0 heterocycles. The molecule has 1 aromatic rings. The fraction of sp³-hybridized carbons (Fsp3) is 0.333. The normalized spacial score (nSPS) is 9.95. The number of hydrogen-bond donors (Lipinski definition) is 2. The zero-order chi connectivity index (χ0) is 15.1. The van der Waals surface area contributed by atoms with Gasteiger partial charge in [0.1, 0.15) is 5.75 Å². The van der Waals surface area contributed by atoms with E-state index in [9.17, 15) is 19.7 Å². The van der Waals surface area contributed by atoms with Crippen molar-refractivity contribution in [2.24, 2.45) is 0 Å². The molecule has 0 aliphatic rings. The van der Waals surface area contributed by atoms with Gasteiger partial charge in [0.05, 0.1) is 11.0 Å². The third-order valence-electron chi connectivity index (χ3n) is 2.07.